The minimum atomic E-state index is -0.884. The zero-order chi connectivity index (χ0) is 14.6. The normalized spacial score (nSPS) is 19.2. The van der Waals surface area contributed by atoms with Crippen LogP contribution < -0.4 is 5.32 Å². The van der Waals surface area contributed by atoms with Gasteiger partial charge < -0.3 is 14.8 Å². The van der Waals surface area contributed by atoms with Gasteiger partial charge in [-0.15, -0.1) is 0 Å². The lowest BCUT2D eigenvalue weighted by Crippen LogP contribution is -2.39. The van der Waals surface area contributed by atoms with Crippen LogP contribution in [0.1, 0.15) is 57.3 Å². The fourth-order valence-corrected chi connectivity index (χ4v) is 2.90. The van der Waals surface area contributed by atoms with E-state index in [0.29, 0.717) is 18.6 Å². The van der Waals surface area contributed by atoms with Gasteiger partial charge in [0.2, 0.25) is 5.91 Å². The number of carboxylic acid groups (broad SMARTS) is 1. The zero-order valence-electron chi connectivity index (χ0n) is 11.7. The Bertz CT molecular complexity index is 460. The first-order valence-electron chi connectivity index (χ1n) is 7.10. The molecule has 0 spiro atoms. The Morgan fingerprint density at radius 3 is 2.65 bits per heavy atom. The highest BCUT2D eigenvalue weighted by molar-refractivity contribution is 5.85. The number of rotatable bonds is 5. The second-order valence-electron chi connectivity index (χ2n) is 5.63. The van der Waals surface area contributed by atoms with E-state index in [0.717, 1.165) is 19.3 Å². The van der Waals surface area contributed by atoms with E-state index in [4.69, 9.17) is 4.42 Å². The summed E-state index contributed by atoms with van der Waals surface area (Å²) in [5, 5.41) is 12.3. The molecule has 0 aromatic carbocycles. The molecule has 5 nitrogen and oxygen atoms in total. The Kier molecular flexibility index (Phi) is 4.47. The molecular formula is C15H21NO4. The lowest BCUT2D eigenvalue weighted by Gasteiger charge is -2.32. The molecule has 20 heavy (non-hydrogen) atoms. The van der Waals surface area contributed by atoms with Crippen molar-refractivity contribution < 1.29 is 19.1 Å². The van der Waals surface area contributed by atoms with Gasteiger partial charge in [-0.2, -0.15) is 0 Å². The molecule has 0 radical (unpaired) electrons. The fraction of sp³-hybridized carbons (Fsp3) is 0.600. The van der Waals surface area contributed by atoms with Crippen LogP contribution in [0.15, 0.2) is 22.8 Å². The first-order valence-corrected chi connectivity index (χ1v) is 7.10. The number of aliphatic carboxylic acids is 1. The summed E-state index contributed by atoms with van der Waals surface area (Å²) >= 11 is 0. The number of hydrogen-bond acceptors (Lipinski definition) is 3. The quantitative estimate of drug-likeness (QED) is 0.868. The van der Waals surface area contributed by atoms with E-state index in [1.807, 2.05) is 6.92 Å². The SMILES string of the molecule is C[C@@H](NC(=O)CC1(C(=O)O)CCCCC1)c1ccco1. The predicted octanol–water partition coefficient (Wildman–Crippen LogP) is 2.88. The summed E-state index contributed by atoms with van der Waals surface area (Å²) in [4.78, 5) is 23.6. The molecule has 1 aromatic heterocycles. The van der Waals surface area contributed by atoms with Gasteiger partial charge in [0.05, 0.1) is 17.7 Å². The Morgan fingerprint density at radius 1 is 1.40 bits per heavy atom. The van der Waals surface area contributed by atoms with Gasteiger partial charge in [0.1, 0.15) is 5.76 Å². The Morgan fingerprint density at radius 2 is 2.10 bits per heavy atom. The molecule has 0 unspecified atom stereocenters. The van der Waals surface area contributed by atoms with Crippen LogP contribution in [0.3, 0.4) is 0 Å². The van der Waals surface area contributed by atoms with Gasteiger partial charge in [0.25, 0.3) is 0 Å². The fourth-order valence-electron chi connectivity index (χ4n) is 2.90. The smallest absolute Gasteiger partial charge is 0.310 e. The van der Waals surface area contributed by atoms with Crippen LogP contribution in [0, 0.1) is 5.41 Å². The minimum absolute atomic E-state index is 0.0490. The molecule has 1 saturated carbocycles. The Hall–Kier alpha value is -1.78. The highest BCUT2D eigenvalue weighted by Crippen LogP contribution is 2.39. The molecule has 1 aliphatic carbocycles. The van der Waals surface area contributed by atoms with Crippen LogP contribution in [-0.4, -0.2) is 17.0 Å². The summed E-state index contributed by atoms with van der Waals surface area (Å²) in [6, 6.07) is 3.31. The molecule has 5 heteroatoms. The van der Waals surface area contributed by atoms with Crippen molar-refractivity contribution >= 4 is 11.9 Å². The zero-order valence-corrected chi connectivity index (χ0v) is 11.7. The number of hydrogen-bond donors (Lipinski definition) is 2. The summed E-state index contributed by atoms with van der Waals surface area (Å²) in [7, 11) is 0. The highest BCUT2D eigenvalue weighted by atomic mass is 16.4. The molecule has 1 amide bonds. The number of carboxylic acids is 1. The molecule has 1 fully saturated rings. The van der Waals surface area contributed by atoms with Gasteiger partial charge in [0, 0.05) is 6.42 Å². The average molecular weight is 279 g/mol. The second-order valence-corrected chi connectivity index (χ2v) is 5.63. The molecule has 1 aliphatic rings. The lowest BCUT2D eigenvalue weighted by atomic mass is 9.71. The highest BCUT2D eigenvalue weighted by Gasteiger charge is 2.41. The molecule has 1 heterocycles. The van der Waals surface area contributed by atoms with Crippen molar-refractivity contribution in [2.24, 2.45) is 5.41 Å². The monoisotopic (exact) mass is 279 g/mol. The second kappa shape index (κ2) is 6.11. The summed E-state index contributed by atoms with van der Waals surface area (Å²) in [6.45, 7) is 1.82. The summed E-state index contributed by atoms with van der Waals surface area (Å²) in [5.41, 5.74) is -0.884. The third kappa shape index (κ3) is 3.21. The molecule has 2 rings (SSSR count). The van der Waals surface area contributed by atoms with E-state index in [1.165, 1.54) is 0 Å². The van der Waals surface area contributed by atoms with Crippen molar-refractivity contribution in [3.8, 4) is 0 Å². The topological polar surface area (TPSA) is 79.5 Å². The van der Waals surface area contributed by atoms with Crippen LogP contribution in [0.25, 0.3) is 0 Å². The van der Waals surface area contributed by atoms with E-state index in [2.05, 4.69) is 5.32 Å². The van der Waals surface area contributed by atoms with Crippen molar-refractivity contribution in [1.29, 1.82) is 0 Å². The summed E-state index contributed by atoms with van der Waals surface area (Å²) in [6.07, 6.45) is 5.60. The third-order valence-electron chi connectivity index (χ3n) is 4.11. The average Bonchev–Trinajstić information content (AvgIpc) is 2.93. The predicted molar refractivity (Wildman–Crippen MR) is 73.0 cm³/mol. The maximum atomic E-state index is 12.1. The van der Waals surface area contributed by atoms with Crippen LogP contribution in [0.4, 0.5) is 0 Å². The number of carbonyl (C=O) groups is 2. The maximum absolute atomic E-state index is 12.1. The number of nitrogens with one attached hydrogen (secondary N) is 1. The molecule has 2 N–H and O–H groups in total. The largest absolute Gasteiger partial charge is 0.481 e. The van der Waals surface area contributed by atoms with Gasteiger partial charge in [0.15, 0.2) is 0 Å². The molecular weight excluding hydrogens is 258 g/mol. The standard InChI is InChI=1S/C15H21NO4/c1-11(12-6-5-9-20-12)16-13(17)10-15(14(18)19)7-3-2-4-8-15/h5-6,9,11H,2-4,7-8,10H2,1H3,(H,16,17)(H,18,19)/t11-/m1/s1. The summed E-state index contributed by atoms with van der Waals surface area (Å²) < 4.78 is 5.23. The third-order valence-corrected chi connectivity index (χ3v) is 4.11. The van der Waals surface area contributed by atoms with Crippen LogP contribution in [0.2, 0.25) is 0 Å². The van der Waals surface area contributed by atoms with Crippen molar-refractivity contribution in [3.63, 3.8) is 0 Å². The van der Waals surface area contributed by atoms with Crippen molar-refractivity contribution in [3.05, 3.63) is 24.2 Å². The van der Waals surface area contributed by atoms with Crippen molar-refractivity contribution in [1.82, 2.24) is 5.32 Å². The molecule has 1 atom stereocenters. The number of furan rings is 1. The van der Waals surface area contributed by atoms with Crippen molar-refractivity contribution in [2.75, 3.05) is 0 Å². The molecule has 0 bridgehead atoms. The van der Waals surface area contributed by atoms with Gasteiger partial charge in [-0.05, 0) is 31.9 Å². The first-order chi connectivity index (χ1) is 9.53. The van der Waals surface area contributed by atoms with E-state index in [-0.39, 0.29) is 18.4 Å². The van der Waals surface area contributed by atoms with Gasteiger partial charge in [-0.3, -0.25) is 9.59 Å². The van der Waals surface area contributed by atoms with Crippen LogP contribution in [-0.2, 0) is 9.59 Å². The maximum Gasteiger partial charge on any atom is 0.310 e. The van der Waals surface area contributed by atoms with E-state index >= 15 is 0 Å². The Labute approximate surface area is 118 Å². The number of carbonyl (C=O) groups excluding carboxylic acids is 1. The number of amides is 1. The van der Waals surface area contributed by atoms with Gasteiger partial charge in [-0.1, -0.05) is 19.3 Å². The summed E-state index contributed by atoms with van der Waals surface area (Å²) in [5.74, 6) is -0.400. The van der Waals surface area contributed by atoms with E-state index < -0.39 is 11.4 Å². The molecule has 0 saturated heterocycles. The van der Waals surface area contributed by atoms with Crippen molar-refractivity contribution in [2.45, 2.75) is 51.5 Å². The molecule has 110 valence electrons. The van der Waals surface area contributed by atoms with Gasteiger partial charge >= 0.3 is 5.97 Å². The first kappa shape index (κ1) is 14.6. The van der Waals surface area contributed by atoms with Gasteiger partial charge in [-0.25, -0.2) is 0 Å². The van der Waals surface area contributed by atoms with Crippen LogP contribution >= 0.6 is 0 Å². The molecule has 1 aromatic rings. The minimum Gasteiger partial charge on any atom is -0.481 e. The lowest BCUT2D eigenvalue weighted by molar-refractivity contribution is -0.154. The van der Waals surface area contributed by atoms with E-state index in [9.17, 15) is 14.7 Å². The van der Waals surface area contributed by atoms with Crippen LogP contribution in [0.5, 0.6) is 0 Å². The Balaban J connectivity index is 1.97. The molecule has 0 aliphatic heterocycles. The van der Waals surface area contributed by atoms with E-state index in [1.54, 1.807) is 18.4 Å².